The van der Waals surface area contributed by atoms with Crippen LogP contribution in [0, 0.1) is 19.8 Å². The normalized spacial score (nSPS) is 15.2. The van der Waals surface area contributed by atoms with E-state index in [4.69, 9.17) is 0 Å². The maximum absolute atomic E-state index is 4.67. The SMILES string of the molecule is CCNc1nc(C)nc(N(CC)CC2CCC2)c1C. The molecule has 4 nitrogen and oxygen atoms in total. The van der Waals surface area contributed by atoms with Gasteiger partial charge in [0.15, 0.2) is 0 Å². The minimum atomic E-state index is 0.851. The fourth-order valence-corrected chi connectivity index (χ4v) is 2.61. The molecule has 4 heteroatoms. The van der Waals surface area contributed by atoms with Crippen molar-refractivity contribution in [3.8, 4) is 0 Å². The molecule has 1 fully saturated rings. The van der Waals surface area contributed by atoms with Crippen molar-refractivity contribution >= 4 is 11.6 Å². The monoisotopic (exact) mass is 262 g/mol. The summed E-state index contributed by atoms with van der Waals surface area (Å²) < 4.78 is 0. The van der Waals surface area contributed by atoms with Crippen LogP contribution in [0.4, 0.5) is 11.6 Å². The molecule has 0 radical (unpaired) electrons. The molecule has 1 aliphatic carbocycles. The molecule has 0 aliphatic heterocycles. The molecule has 2 rings (SSSR count). The number of anilines is 2. The number of nitrogens with zero attached hydrogens (tertiary/aromatic N) is 3. The summed E-state index contributed by atoms with van der Waals surface area (Å²) in [5.74, 6) is 3.80. The number of rotatable bonds is 6. The lowest BCUT2D eigenvalue weighted by Gasteiger charge is -2.33. The molecule has 1 aromatic rings. The predicted octanol–water partition coefficient (Wildman–Crippen LogP) is 3.15. The molecule has 19 heavy (non-hydrogen) atoms. The van der Waals surface area contributed by atoms with E-state index in [9.17, 15) is 0 Å². The zero-order valence-electron chi connectivity index (χ0n) is 12.7. The van der Waals surface area contributed by atoms with Gasteiger partial charge in [-0.05, 0) is 46.5 Å². The maximum Gasteiger partial charge on any atom is 0.137 e. The third-order valence-corrected chi connectivity index (χ3v) is 3.96. The van der Waals surface area contributed by atoms with Crippen molar-refractivity contribution in [3.05, 3.63) is 11.4 Å². The van der Waals surface area contributed by atoms with Crippen LogP contribution in [0.1, 0.15) is 44.5 Å². The van der Waals surface area contributed by atoms with Gasteiger partial charge >= 0.3 is 0 Å². The van der Waals surface area contributed by atoms with Crippen LogP contribution in [0.25, 0.3) is 0 Å². The van der Waals surface area contributed by atoms with E-state index < -0.39 is 0 Å². The predicted molar refractivity (Wildman–Crippen MR) is 80.9 cm³/mol. The van der Waals surface area contributed by atoms with Crippen LogP contribution >= 0.6 is 0 Å². The highest BCUT2D eigenvalue weighted by Gasteiger charge is 2.22. The lowest BCUT2D eigenvalue weighted by atomic mass is 9.85. The summed E-state index contributed by atoms with van der Waals surface area (Å²) in [5.41, 5.74) is 1.17. The Morgan fingerprint density at radius 3 is 2.47 bits per heavy atom. The van der Waals surface area contributed by atoms with Gasteiger partial charge in [0.05, 0.1) is 0 Å². The molecule has 1 N–H and O–H groups in total. The fraction of sp³-hybridized carbons (Fsp3) is 0.733. The highest BCUT2D eigenvalue weighted by atomic mass is 15.2. The molecule has 0 bridgehead atoms. The molecule has 0 amide bonds. The van der Waals surface area contributed by atoms with Crippen molar-refractivity contribution in [2.45, 2.75) is 47.0 Å². The van der Waals surface area contributed by atoms with Gasteiger partial charge in [0.2, 0.25) is 0 Å². The summed E-state index contributed by atoms with van der Waals surface area (Å²) in [5, 5.41) is 3.34. The third-order valence-electron chi connectivity index (χ3n) is 3.96. The number of aromatic nitrogens is 2. The van der Waals surface area contributed by atoms with Crippen LogP contribution in [0.3, 0.4) is 0 Å². The first-order valence-electron chi connectivity index (χ1n) is 7.49. The third kappa shape index (κ3) is 3.17. The molecule has 106 valence electrons. The molecule has 0 aromatic carbocycles. The van der Waals surface area contributed by atoms with Crippen LogP contribution in [0.15, 0.2) is 0 Å². The van der Waals surface area contributed by atoms with E-state index in [2.05, 4.69) is 41.0 Å². The van der Waals surface area contributed by atoms with Gasteiger partial charge in [-0.1, -0.05) is 6.42 Å². The summed E-state index contributed by atoms with van der Waals surface area (Å²) in [6.07, 6.45) is 4.14. The molecule has 1 saturated carbocycles. The van der Waals surface area contributed by atoms with E-state index >= 15 is 0 Å². The van der Waals surface area contributed by atoms with Crippen LogP contribution < -0.4 is 10.2 Å². The van der Waals surface area contributed by atoms with Crippen molar-refractivity contribution in [2.75, 3.05) is 29.9 Å². The van der Waals surface area contributed by atoms with Crippen molar-refractivity contribution in [1.29, 1.82) is 0 Å². The largest absolute Gasteiger partial charge is 0.370 e. The van der Waals surface area contributed by atoms with Crippen molar-refractivity contribution in [3.63, 3.8) is 0 Å². The van der Waals surface area contributed by atoms with Crippen LogP contribution in [0.5, 0.6) is 0 Å². The van der Waals surface area contributed by atoms with Crippen LogP contribution in [-0.2, 0) is 0 Å². The molecule has 0 unspecified atom stereocenters. The Kier molecular flexibility index (Phi) is 4.61. The summed E-state index contributed by atoms with van der Waals surface area (Å²) in [7, 11) is 0. The minimum absolute atomic E-state index is 0.851. The summed E-state index contributed by atoms with van der Waals surface area (Å²) >= 11 is 0. The Bertz CT molecular complexity index is 426. The Hall–Kier alpha value is -1.32. The molecule has 0 atom stereocenters. The van der Waals surface area contributed by atoms with Gasteiger partial charge in [0.25, 0.3) is 0 Å². The van der Waals surface area contributed by atoms with Crippen molar-refractivity contribution in [1.82, 2.24) is 9.97 Å². The second-order valence-corrected chi connectivity index (χ2v) is 5.43. The van der Waals surface area contributed by atoms with Crippen LogP contribution in [-0.4, -0.2) is 29.6 Å². The Morgan fingerprint density at radius 1 is 1.21 bits per heavy atom. The zero-order valence-corrected chi connectivity index (χ0v) is 12.7. The average Bonchev–Trinajstić information content (AvgIpc) is 2.33. The number of hydrogen-bond acceptors (Lipinski definition) is 4. The standard InChI is InChI=1S/C15H26N4/c1-5-16-14-11(3)15(18-12(4)17-14)19(6-2)10-13-8-7-9-13/h13H,5-10H2,1-4H3,(H,16,17,18). The molecular weight excluding hydrogens is 236 g/mol. The Balaban J connectivity index is 2.24. The van der Waals surface area contributed by atoms with Gasteiger partial charge in [0.1, 0.15) is 17.5 Å². The molecule has 0 spiro atoms. The van der Waals surface area contributed by atoms with Crippen LogP contribution in [0.2, 0.25) is 0 Å². The second kappa shape index (κ2) is 6.22. The maximum atomic E-state index is 4.67. The topological polar surface area (TPSA) is 41.1 Å². The van der Waals surface area contributed by atoms with E-state index in [0.29, 0.717) is 0 Å². The van der Waals surface area contributed by atoms with Gasteiger partial charge in [-0.3, -0.25) is 0 Å². The van der Waals surface area contributed by atoms with Gasteiger partial charge in [-0.25, -0.2) is 9.97 Å². The zero-order chi connectivity index (χ0) is 13.8. The summed E-state index contributed by atoms with van der Waals surface area (Å²) in [4.78, 5) is 11.6. The summed E-state index contributed by atoms with van der Waals surface area (Å²) in [6, 6.07) is 0. The van der Waals surface area contributed by atoms with Gasteiger partial charge in [-0.15, -0.1) is 0 Å². The Labute approximate surface area is 116 Å². The van der Waals surface area contributed by atoms with E-state index in [-0.39, 0.29) is 0 Å². The molecule has 0 saturated heterocycles. The first kappa shape index (κ1) is 14.1. The quantitative estimate of drug-likeness (QED) is 0.855. The highest BCUT2D eigenvalue weighted by Crippen LogP contribution is 2.30. The van der Waals surface area contributed by atoms with E-state index in [0.717, 1.165) is 43.0 Å². The molecule has 1 heterocycles. The first-order valence-corrected chi connectivity index (χ1v) is 7.49. The number of nitrogens with one attached hydrogen (secondary N) is 1. The van der Waals surface area contributed by atoms with E-state index in [1.54, 1.807) is 0 Å². The summed E-state index contributed by atoms with van der Waals surface area (Å²) in [6.45, 7) is 11.5. The van der Waals surface area contributed by atoms with Gasteiger partial charge < -0.3 is 10.2 Å². The molecule has 1 aliphatic rings. The smallest absolute Gasteiger partial charge is 0.137 e. The van der Waals surface area contributed by atoms with E-state index in [1.165, 1.54) is 24.8 Å². The highest BCUT2D eigenvalue weighted by molar-refractivity contribution is 5.58. The number of aryl methyl sites for hydroxylation is 1. The van der Waals surface area contributed by atoms with Crippen molar-refractivity contribution < 1.29 is 0 Å². The Morgan fingerprint density at radius 2 is 1.95 bits per heavy atom. The van der Waals surface area contributed by atoms with E-state index in [1.807, 2.05) is 6.92 Å². The lowest BCUT2D eigenvalue weighted by Crippen LogP contribution is -2.34. The van der Waals surface area contributed by atoms with Gasteiger partial charge in [-0.2, -0.15) is 0 Å². The average molecular weight is 262 g/mol. The second-order valence-electron chi connectivity index (χ2n) is 5.43. The molecule has 1 aromatic heterocycles. The lowest BCUT2D eigenvalue weighted by molar-refractivity contribution is 0.318. The minimum Gasteiger partial charge on any atom is -0.370 e. The first-order chi connectivity index (χ1) is 9.15. The number of hydrogen-bond donors (Lipinski definition) is 1. The molecular formula is C15H26N4. The van der Waals surface area contributed by atoms with Gasteiger partial charge in [0, 0.05) is 25.2 Å². The fourth-order valence-electron chi connectivity index (χ4n) is 2.61. The van der Waals surface area contributed by atoms with Crippen molar-refractivity contribution in [2.24, 2.45) is 5.92 Å².